The molecule has 6 heteroatoms. The first kappa shape index (κ1) is 18.7. The number of hydrogen-bond donors (Lipinski definition) is 2. The summed E-state index contributed by atoms with van der Waals surface area (Å²) in [5, 5.41) is 5.40. The van der Waals surface area contributed by atoms with Crippen molar-refractivity contribution in [2.45, 2.75) is 6.42 Å². The van der Waals surface area contributed by atoms with Crippen molar-refractivity contribution in [2.24, 2.45) is 0 Å². The Morgan fingerprint density at radius 1 is 1.20 bits per heavy atom. The van der Waals surface area contributed by atoms with Gasteiger partial charge < -0.3 is 15.4 Å². The lowest BCUT2D eigenvalue weighted by Gasteiger charge is -2.09. The van der Waals surface area contributed by atoms with Crippen molar-refractivity contribution in [3.05, 3.63) is 70.7 Å². The molecule has 0 atom stereocenters. The zero-order valence-electron chi connectivity index (χ0n) is 13.8. The number of carbonyl (C=O) groups excluding carboxylic acids is 2. The van der Waals surface area contributed by atoms with Crippen LogP contribution in [0.2, 0.25) is 0 Å². The van der Waals surface area contributed by atoms with E-state index in [2.05, 4.69) is 33.1 Å². The maximum Gasteiger partial charge on any atom is 0.255 e. The van der Waals surface area contributed by atoms with E-state index < -0.39 is 0 Å². The molecule has 2 aromatic rings. The molecule has 0 spiro atoms. The molecule has 2 amide bonds. The van der Waals surface area contributed by atoms with Gasteiger partial charge >= 0.3 is 0 Å². The number of hydrogen-bond acceptors (Lipinski definition) is 3. The van der Waals surface area contributed by atoms with Gasteiger partial charge in [0.1, 0.15) is 12.4 Å². The number of halogens is 1. The smallest absolute Gasteiger partial charge is 0.255 e. The second-order valence-corrected chi connectivity index (χ2v) is 6.10. The summed E-state index contributed by atoms with van der Waals surface area (Å²) in [6.45, 7) is 3.99. The molecule has 0 aliphatic rings. The van der Waals surface area contributed by atoms with E-state index in [0.29, 0.717) is 34.5 Å². The van der Waals surface area contributed by atoms with Crippen LogP contribution in [0.1, 0.15) is 15.9 Å². The van der Waals surface area contributed by atoms with Crippen molar-refractivity contribution in [3.8, 4) is 5.75 Å². The molecular weight excluding hydrogens is 384 g/mol. The van der Waals surface area contributed by atoms with Crippen molar-refractivity contribution < 1.29 is 14.3 Å². The highest BCUT2D eigenvalue weighted by Crippen LogP contribution is 2.26. The minimum atomic E-state index is -0.227. The van der Waals surface area contributed by atoms with E-state index in [0.717, 1.165) is 5.56 Å². The van der Waals surface area contributed by atoms with Gasteiger partial charge in [0, 0.05) is 18.3 Å². The van der Waals surface area contributed by atoms with Crippen LogP contribution in [0.15, 0.2) is 59.6 Å². The standard InChI is InChI=1S/C19H19BrN2O3/c1-3-10-25-17-9-6-14(12-16(17)20)19(24)22-15-7-4-13(5-8-15)11-18(23)21-2/h3-9,12H,1,10-11H2,2H3,(H,21,23)(H,22,24). The normalized spacial score (nSPS) is 10.0. The summed E-state index contributed by atoms with van der Waals surface area (Å²) in [6.07, 6.45) is 1.96. The molecule has 2 rings (SSSR count). The summed E-state index contributed by atoms with van der Waals surface area (Å²) in [5.74, 6) is 0.366. The van der Waals surface area contributed by atoms with Gasteiger partial charge in [-0.1, -0.05) is 24.8 Å². The lowest BCUT2D eigenvalue weighted by molar-refractivity contribution is -0.119. The Kier molecular flexibility index (Phi) is 6.77. The van der Waals surface area contributed by atoms with Gasteiger partial charge in [-0.25, -0.2) is 0 Å². The predicted octanol–water partition coefficient (Wildman–Crippen LogP) is 3.55. The Balaban J connectivity index is 2.02. The molecule has 5 nitrogen and oxygen atoms in total. The number of nitrogens with one attached hydrogen (secondary N) is 2. The molecule has 0 bridgehead atoms. The molecule has 25 heavy (non-hydrogen) atoms. The van der Waals surface area contributed by atoms with Crippen LogP contribution in [0.25, 0.3) is 0 Å². The first-order valence-corrected chi connectivity index (χ1v) is 8.47. The van der Waals surface area contributed by atoms with E-state index in [-0.39, 0.29) is 11.8 Å². The van der Waals surface area contributed by atoms with Crippen molar-refractivity contribution in [3.63, 3.8) is 0 Å². The number of benzene rings is 2. The molecule has 0 heterocycles. The zero-order valence-corrected chi connectivity index (χ0v) is 15.4. The molecule has 0 radical (unpaired) electrons. The predicted molar refractivity (Wildman–Crippen MR) is 102 cm³/mol. The third-order valence-electron chi connectivity index (χ3n) is 3.41. The van der Waals surface area contributed by atoms with Gasteiger partial charge in [-0.15, -0.1) is 0 Å². The molecule has 0 aliphatic carbocycles. The number of ether oxygens (including phenoxy) is 1. The third kappa shape index (κ3) is 5.46. The van der Waals surface area contributed by atoms with E-state index in [1.54, 1.807) is 43.5 Å². The molecule has 0 aromatic heterocycles. The van der Waals surface area contributed by atoms with Gasteiger partial charge in [-0.05, 0) is 51.8 Å². The maximum atomic E-state index is 12.3. The van der Waals surface area contributed by atoms with Crippen molar-refractivity contribution in [1.82, 2.24) is 5.32 Å². The number of carbonyl (C=O) groups is 2. The fourth-order valence-corrected chi connectivity index (χ4v) is 2.58. The number of anilines is 1. The summed E-state index contributed by atoms with van der Waals surface area (Å²) in [4.78, 5) is 23.7. The van der Waals surface area contributed by atoms with Crippen LogP contribution in [0, 0.1) is 0 Å². The van der Waals surface area contributed by atoms with Crippen LogP contribution in [0.4, 0.5) is 5.69 Å². The van der Waals surface area contributed by atoms with Crippen molar-refractivity contribution in [2.75, 3.05) is 19.0 Å². The van der Waals surface area contributed by atoms with E-state index >= 15 is 0 Å². The van der Waals surface area contributed by atoms with E-state index in [1.165, 1.54) is 0 Å². The number of amides is 2. The minimum Gasteiger partial charge on any atom is -0.488 e. The summed E-state index contributed by atoms with van der Waals surface area (Å²) in [7, 11) is 1.60. The lowest BCUT2D eigenvalue weighted by Crippen LogP contribution is -2.19. The Morgan fingerprint density at radius 3 is 2.52 bits per heavy atom. The molecule has 2 N–H and O–H groups in total. The largest absolute Gasteiger partial charge is 0.488 e. The Hall–Kier alpha value is -2.60. The van der Waals surface area contributed by atoms with Crippen LogP contribution in [-0.4, -0.2) is 25.5 Å². The average molecular weight is 403 g/mol. The summed E-state index contributed by atoms with van der Waals surface area (Å²) in [6, 6.07) is 12.3. The van der Waals surface area contributed by atoms with Gasteiger partial charge in [-0.3, -0.25) is 9.59 Å². The van der Waals surface area contributed by atoms with Crippen LogP contribution in [-0.2, 0) is 11.2 Å². The van der Waals surface area contributed by atoms with Crippen LogP contribution in [0.3, 0.4) is 0 Å². The average Bonchev–Trinajstić information content (AvgIpc) is 2.62. The van der Waals surface area contributed by atoms with Gasteiger partial charge in [0.25, 0.3) is 5.91 Å². The molecule has 0 aliphatic heterocycles. The van der Waals surface area contributed by atoms with Gasteiger partial charge in [0.15, 0.2) is 0 Å². The molecule has 2 aromatic carbocycles. The van der Waals surface area contributed by atoms with Gasteiger partial charge in [0.05, 0.1) is 10.9 Å². The maximum absolute atomic E-state index is 12.3. The van der Waals surface area contributed by atoms with Crippen LogP contribution in [0.5, 0.6) is 5.75 Å². The van der Waals surface area contributed by atoms with E-state index in [9.17, 15) is 9.59 Å². The van der Waals surface area contributed by atoms with E-state index in [1.807, 2.05) is 12.1 Å². The van der Waals surface area contributed by atoms with Gasteiger partial charge in [-0.2, -0.15) is 0 Å². The zero-order chi connectivity index (χ0) is 18.2. The molecule has 0 saturated carbocycles. The fraction of sp³-hybridized carbons (Fsp3) is 0.158. The summed E-state index contributed by atoms with van der Waals surface area (Å²) < 4.78 is 6.16. The Labute approximate surface area is 155 Å². The third-order valence-corrected chi connectivity index (χ3v) is 4.03. The number of likely N-dealkylation sites (N-methyl/N-ethyl adjacent to an activating group) is 1. The first-order chi connectivity index (χ1) is 12.0. The SMILES string of the molecule is C=CCOc1ccc(C(=O)Nc2ccc(CC(=O)NC)cc2)cc1Br. The quantitative estimate of drug-likeness (QED) is 0.695. The fourth-order valence-electron chi connectivity index (χ4n) is 2.09. The van der Waals surface area contributed by atoms with Crippen LogP contribution < -0.4 is 15.4 Å². The summed E-state index contributed by atoms with van der Waals surface area (Å²) >= 11 is 3.39. The van der Waals surface area contributed by atoms with Gasteiger partial charge in [0.2, 0.25) is 5.91 Å². The Morgan fingerprint density at radius 2 is 1.92 bits per heavy atom. The second-order valence-electron chi connectivity index (χ2n) is 5.25. The highest BCUT2D eigenvalue weighted by atomic mass is 79.9. The van der Waals surface area contributed by atoms with Crippen molar-refractivity contribution in [1.29, 1.82) is 0 Å². The lowest BCUT2D eigenvalue weighted by atomic mass is 10.1. The Bertz CT molecular complexity index is 773. The second kappa shape index (κ2) is 9.03. The van der Waals surface area contributed by atoms with E-state index in [4.69, 9.17) is 4.74 Å². The molecular formula is C19H19BrN2O3. The highest BCUT2D eigenvalue weighted by Gasteiger charge is 2.10. The first-order valence-electron chi connectivity index (χ1n) is 7.67. The topological polar surface area (TPSA) is 67.4 Å². The molecule has 0 saturated heterocycles. The monoisotopic (exact) mass is 402 g/mol. The molecule has 0 fully saturated rings. The van der Waals surface area contributed by atoms with Crippen LogP contribution >= 0.6 is 15.9 Å². The van der Waals surface area contributed by atoms with Crippen molar-refractivity contribution >= 4 is 33.4 Å². The highest BCUT2D eigenvalue weighted by molar-refractivity contribution is 9.10. The number of rotatable bonds is 7. The summed E-state index contributed by atoms with van der Waals surface area (Å²) in [5.41, 5.74) is 2.05. The molecule has 0 unspecified atom stereocenters. The molecule has 130 valence electrons. The minimum absolute atomic E-state index is 0.0552.